The van der Waals surface area contributed by atoms with Crippen LogP contribution in [0.2, 0.25) is 0 Å². The third kappa shape index (κ3) is 3.20. The summed E-state index contributed by atoms with van der Waals surface area (Å²) < 4.78 is 27.6. The molecule has 1 aliphatic carbocycles. The molecular formula is C23H26ClNO7. The molecule has 32 heavy (non-hydrogen) atoms. The number of hydrogen-bond acceptors (Lipinski definition) is 8. The summed E-state index contributed by atoms with van der Waals surface area (Å²) in [4.78, 5) is 15.1. The Hall–Kier alpha value is -2.84. The highest BCUT2D eigenvalue weighted by Gasteiger charge is 2.53. The number of nitrogens with zero attached hydrogens (tertiary/aromatic N) is 1. The van der Waals surface area contributed by atoms with Crippen LogP contribution in [-0.2, 0) is 9.53 Å². The molecule has 1 fully saturated rings. The van der Waals surface area contributed by atoms with Gasteiger partial charge in [0.15, 0.2) is 23.0 Å². The second-order valence-electron chi connectivity index (χ2n) is 8.31. The van der Waals surface area contributed by atoms with Crippen molar-refractivity contribution in [1.29, 1.82) is 0 Å². The topological polar surface area (TPSA) is 86.7 Å². The zero-order valence-electron chi connectivity index (χ0n) is 18.3. The Kier molecular flexibility index (Phi) is 5.77. The normalized spacial score (nSPS) is 25.0. The average molecular weight is 464 g/mol. The number of phenols is 1. The molecule has 9 heteroatoms. The maximum Gasteiger partial charge on any atom is 0.310 e. The lowest BCUT2D eigenvalue weighted by Crippen LogP contribution is -2.40. The van der Waals surface area contributed by atoms with Crippen LogP contribution in [0.4, 0.5) is 0 Å². The standard InChI is InChI=1S/C23H25NO7.ClH/c1-24(2)21-13-8-16-15(30-10-31-16)7-12(13)19(20-14(21)9-29-23(20)26)11-5-17(27-3)22(25)18(6-11)28-4;/h5-8,14,19-21,25H,9-10H2,1-4H3;1H/t14-,19?,20?,21+;/m0./s1. The predicted molar refractivity (Wildman–Crippen MR) is 117 cm³/mol. The lowest BCUT2D eigenvalue weighted by molar-refractivity contribution is -0.141. The van der Waals surface area contributed by atoms with Crippen molar-refractivity contribution in [3.8, 4) is 28.7 Å². The number of ether oxygens (including phenoxy) is 5. The van der Waals surface area contributed by atoms with Gasteiger partial charge in [0, 0.05) is 17.9 Å². The summed E-state index contributed by atoms with van der Waals surface area (Å²) in [6.07, 6.45) is 0. The maximum absolute atomic E-state index is 13.0. The summed E-state index contributed by atoms with van der Waals surface area (Å²) in [5.74, 6) is 0.888. The van der Waals surface area contributed by atoms with E-state index in [2.05, 4.69) is 4.90 Å². The van der Waals surface area contributed by atoms with Crippen LogP contribution in [0, 0.1) is 11.8 Å². The number of rotatable bonds is 4. The number of phenolic OH excluding ortho intramolecular Hbond substituents is 1. The van der Waals surface area contributed by atoms with Gasteiger partial charge in [-0.2, -0.15) is 0 Å². The van der Waals surface area contributed by atoms with E-state index in [4.69, 9.17) is 23.7 Å². The van der Waals surface area contributed by atoms with Gasteiger partial charge in [-0.1, -0.05) is 0 Å². The maximum atomic E-state index is 13.0. The van der Waals surface area contributed by atoms with Gasteiger partial charge in [-0.25, -0.2) is 0 Å². The van der Waals surface area contributed by atoms with Crippen LogP contribution in [0.3, 0.4) is 0 Å². The molecule has 1 saturated heterocycles. The summed E-state index contributed by atoms with van der Waals surface area (Å²) in [6, 6.07) is 7.49. The second kappa shape index (κ2) is 8.26. The fourth-order valence-electron chi connectivity index (χ4n) is 5.29. The smallest absolute Gasteiger partial charge is 0.310 e. The largest absolute Gasteiger partial charge is 0.502 e. The van der Waals surface area contributed by atoms with E-state index >= 15 is 0 Å². The highest BCUT2D eigenvalue weighted by Crippen LogP contribution is 2.56. The molecule has 4 atom stereocenters. The molecule has 0 saturated carbocycles. The minimum atomic E-state index is -0.390. The fourth-order valence-corrected chi connectivity index (χ4v) is 5.29. The Morgan fingerprint density at radius 2 is 1.56 bits per heavy atom. The Bertz CT molecular complexity index is 1030. The van der Waals surface area contributed by atoms with Crippen molar-refractivity contribution in [3.05, 3.63) is 41.0 Å². The average Bonchev–Trinajstić information content (AvgIpc) is 3.37. The van der Waals surface area contributed by atoms with Gasteiger partial charge in [0.05, 0.1) is 26.7 Å². The van der Waals surface area contributed by atoms with Crippen LogP contribution < -0.4 is 18.9 Å². The van der Waals surface area contributed by atoms with Crippen LogP contribution in [0.1, 0.15) is 28.7 Å². The first-order chi connectivity index (χ1) is 14.9. The number of fused-ring (bicyclic) bond motifs is 3. The Labute approximate surface area is 192 Å². The molecule has 8 nitrogen and oxygen atoms in total. The fraction of sp³-hybridized carbons (Fsp3) is 0.435. The van der Waals surface area contributed by atoms with Gasteiger partial charge < -0.3 is 33.7 Å². The molecule has 2 heterocycles. The second-order valence-corrected chi connectivity index (χ2v) is 8.31. The molecule has 172 valence electrons. The van der Waals surface area contributed by atoms with Crippen LogP contribution in [0.15, 0.2) is 24.3 Å². The van der Waals surface area contributed by atoms with E-state index in [1.165, 1.54) is 14.2 Å². The molecule has 3 aliphatic rings. The molecule has 0 radical (unpaired) electrons. The van der Waals surface area contributed by atoms with Gasteiger partial charge in [0.2, 0.25) is 12.5 Å². The summed E-state index contributed by atoms with van der Waals surface area (Å²) in [7, 11) is 6.98. The molecule has 0 bridgehead atoms. The molecule has 5 rings (SSSR count). The number of cyclic esters (lactones) is 1. The monoisotopic (exact) mass is 463 g/mol. The quantitative estimate of drug-likeness (QED) is 0.692. The van der Waals surface area contributed by atoms with Gasteiger partial charge in [-0.15, -0.1) is 12.4 Å². The summed E-state index contributed by atoms with van der Waals surface area (Å²) >= 11 is 0. The van der Waals surface area contributed by atoms with Crippen molar-refractivity contribution in [2.24, 2.45) is 11.8 Å². The summed E-state index contributed by atoms with van der Waals surface area (Å²) in [5.41, 5.74) is 2.85. The number of carbonyl (C=O) groups excluding carboxylic acids is 1. The lowest BCUT2D eigenvalue weighted by Gasteiger charge is -2.42. The Balaban J connectivity index is 0.00000245. The van der Waals surface area contributed by atoms with Gasteiger partial charge >= 0.3 is 5.97 Å². The van der Waals surface area contributed by atoms with Gasteiger partial charge in [-0.3, -0.25) is 4.79 Å². The van der Waals surface area contributed by atoms with Crippen molar-refractivity contribution < 1.29 is 33.6 Å². The molecule has 1 N–H and O–H groups in total. The van der Waals surface area contributed by atoms with Gasteiger partial charge in [0.1, 0.15) is 0 Å². The molecule has 2 aromatic carbocycles. The molecule has 2 aliphatic heterocycles. The van der Waals surface area contributed by atoms with E-state index in [-0.39, 0.29) is 66.2 Å². The number of carbonyl (C=O) groups is 1. The summed E-state index contributed by atoms with van der Waals surface area (Å²) in [5, 5.41) is 10.4. The van der Waals surface area contributed by atoms with Crippen LogP contribution in [-0.4, -0.2) is 57.7 Å². The number of methoxy groups -OCH3 is 2. The highest BCUT2D eigenvalue weighted by atomic mass is 35.5. The van der Waals surface area contributed by atoms with E-state index in [1.54, 1.807) is 12.1 Å². The molecule has 0 aromatic heterocycles. The first-order valence-corrected chi connectivity index (χ1v) is 10.2. The third-order valence-corrected chi connectivity index (χ3v) is 6.57. The van der Waals surface area contributed by atoms with Gasteiger partial charge in [-0.05, 0) is 55.1 Å². The SMILES string of the molecule is COc1cc(C2c3cc4c(cc3[C@@H](N(C)C)[C@H]3COC(=O)C23)OCO4)cc(OC)c1O.Cl. The highest BCUT2D eigenvalue weighted by molar-refractivity contribution is 5.85. The molecule has 2 unspecified atom stereocenters. The van der Waals surface area contributed by atoms with Crippen molar-refractivity contribution in [3.63, 3.8) is 0 Å². The third-order valence-electron chi connectivity index (χ3n) is 6.57. The van der Waals surface area contributed by atoms with E-state index in [0.717, 1.165) is 16.7 Å². The number of aromatic hydroxyl groups is 1. The first-order valence-electron chi connectivity index (χ1n) is 10.2. The number of halogens is 1. The van der Waals surface area contributed by atoms with E-state index < -0.39 is 0 Å². The molecule has 0 spiro atoms. The first kappa shape index (κ1) is 22.4. The minimum absolute atomic E-state index is 0. The Morgan fingerprint density at radius 3 is 2.12 bits per heavy atom. The number of esters is 1. The number of hydrogen-bond donors (Lipinski definition) is 1. The van der Waals surface area contributed by atoms with Crippen LogP contribution in [0.5, 0.6) is 28.7 Å². The van der Waals surface area contributed by atoms with E-state index in [1.807, 2.05) is 26.2 Å². The predicted octanol–water partition coefficient (Wildman–Crippen LogP) is 3.10. The van der Waals surface area contributed by atoms with E-state index in [0.29, 0.717) is 18.1 Å². The van der Waals surface area contributed by atoms with Crippen molar-refractivity contribution in [1.82, 2.24) is 4.90 Å². The molecular weight excluding hydrogens is 438 g/mol. The van der Waals surface area contributed by atoms with Crippen molar-refractivity contribution in [2.45, 2.75) is 12.0 Å². The van der Waals surface area contributed by atoms with E-state index in [9.17, 15) is 9.90 Å². The molecule has 2 aromatic rings. The zero-order valence-corrected chi connectivity index (χ0v) is 19.1. The zero-order chi connectivity index (χ0) is 21.9. The van der Waals surface area contributed by atoms with Crippen LogP contribution in [0.25, 0.3) is 0 Å². The summed E-state index contributed by atoms with van der Waals surface area (Å²) in [6.45, 7) is 0.522. The number of benzene rings is 2. The Morgan fingerprint density at radius 1 is 0.969 bits per heavy atom. The van der Waals surface area contributed by atoms with Crippen molar-refractivity contribution in [2.75, 3.05) is 41.7 Å². The molecule has 0 amide bonds. The van der Waals surface area contributed by atoms with Crippen LogP contribution >= 0.6 is 12.4 Å². The lowest BCUT2D eigenvalue weighted by atomic mass is 9.65. The van der Waals surface area contributed by atoms with Crippen molar-refractivity contribution >= 4 is 18.4 Å². The minimum Gasteiger partial charge on any atom is -0.502 e. The van der Waals surface area contributed by atoms with Gasteiger partial charge in [0.25, 0.3) is 0 Å².